The topological polar surface area (TPSA) is 78.9 Å². The monoisotopic (exact) mass is 674 g/mol. The molecule has 0 atom stereocenters. The Morgan fingerprint density at radius 2 is 0.700 bits per heavy atom. The number of carbonyl (C=O) groups excluding carboxylic acids is 3. The zero-order chi connectivity index (χ0) is 35.1. The van der Waals surface area contributed by atoms with Gasteiger partial charge in [0.1, 0.15) is 17.2 Å². The number of aryl methyl sites for hydroxylation is 3. The van der Waals surface area contributed by atoms with Crippen molar-refractivity contribution in [2.75, 3.05) is 0 Å². The van der Waals surface area contributed by atoms with Gasteiger partial charge in [0, 0.05) is 16.7 Å². The number of hydrogen-bond donors (Lipinski definition) is 0. The fourth-order valence-corrected chi connectivity index (χ4v) is 10.1. The molecule has 246 valence electrons. The van der Waals surface area contributed by atoms with Crippen LogP contribution in [0.1, 0.15) is 47.8 Å². The van der Waals surface area contributed by atoms with Crippen LogP contribution in [0.25, 0.3) is 0 Å². The van der Waals surface area contributed by atoms with Gasteiger partial charge in [-0.1, -0.05) is 121 Å². The minimum atomic E-state index is -4.52. The van der Waals surface area contributed by atoms with Crippen LogP contribution in [-0.4, -0.2) is 31.6 Å². The lowest BCUT2D eigenvalue weighted by Gasteiger charge is -2.29. The molecule has 0 aliphatic rings. The highest BCUT2D eigenvalue weighted by atomic mass is 28.3. The number of rotatable bonds is 13. The first kappa shape index (κ1) is 33.9. The largest absolute Gasteiger partial charge is 0.864 e. The summed E-state index contributed by atoms with van der Waals surface area (Å²) in [6, 6.07) is 46.2. The van der Waals surface area contributed by atoms with Crippen molar-refractivity contribution in [3.8, 4) is 17.2 Å². The molecule has 0 saturated heterocycles. The minimum Gasteiger partial charge on any atom is -0.490 e. The minimum absolute atomic E-state index is 0.343. The van der Waals surface area contributed by atoms with E-state index in [0.29, 0.717) is 55.8 Å². The fourth-order valence-electron chi connectivity index (χ4n) is 5.98. The van der Waals surface area contributed by atoms with Gasteiger partial charge in [-0.25, -0.2) is 0 Å². The van der Waals surface area contributed by atoms with E-state index in [2.05, 4.69) is 0 Å². The van der Waals surface area contributed by atoms with E-state index in [0.717, 1.165) is 0 Å². The first-order valence-electron chi connectivity index (χ1n) is 16.3. The molecule has 0 radical (unpaired) electrons. The Hall–Kier alpha value is -5.99. The molecule has 0 heterocycles. The van der Waals surface area contributed by atoms with E-state index in [-0.39, 0.29) is 0 Å². The third kappa shape index (κ3) is 6.93. The van der Waals surface area contributed by atoms with Crippen molar-refractivity contribution in [2.24, 2.45) is 0 Å². The van der Waals surface area contributed by atoms with E-state index in [9.17, 15) is 0 Å². The molecule has 0 amide bonds. The molecule has 6 rings (SSSR count). The molecule has 50 heavy (non-hydrogen) atoms. The summed E-state index contributed by atoms with van der Waals surface area (Å²) in [7, 11) is -5.70. The molecule has 0 unspecified atom stereocenters. The van der Waals surface area contributed by atoms with Crippen LogP contribution < -0.4 is 19.1 Å². The summed E-state index contributed by atoms with van der Waals surface area (Å²) < 4.78 is 18.3. The maximum Gasteiger partial charge on any atom is 0.864 e. The first-order valence-corrected chi connectivity index (χ1v) is 18.3. The van der Waals surface area contributed by atoms with Gasteiger partial charge in [0.25, 0.3) is 0 Å². The fraction of sp³-hybridized carbons (Fsp3) is 0.0714. The van der Waals surface area contributed by atoms with Crippen LogP contribution in [0.3, 0.4) is 0 Å². The molecular formula is C42H35BO6Si. The van der Waals surface area contributed by atoms with Crippen molar-refractivity contribution in [3.63, 3.8) is 0 Å². The average molecular weight is 675 g/mol. The molecule has 0 aliphatic carbocycles. The highest BCUT2D eigenvalue weighted by molar-refractivity contribution is 7.49. The first-order chi connectivity index (χ1) is 24.3. The summed E-state index contributed by atoms with van der Waals surface area (Å²) in [6.07, 6.45) is 0. The van der Waals surface area contributed by atoms with Crippen LogP contribution in [-0.2, 0) is 0 Å². The van der Waals surface area contributed by atoms with E-state index in [1.165, 1.54) is 0 Å². The van der Waals surface area contributed by atoms with Crippen LogP contribution in [0.15, 0.2) is 158 Å². The van der Waals surface area contributed by atoms with Crippen molar-refractivity contribution < 1.29 is 28.3 Å². The molecule has 0 saturated carbocycles. The molecule has 6 aromatic carbocycles. The molecule has 0 aliphatic heterocycles. The summed E-state index contributed by atoms with van der Waals surface area (Å²) in [6.45, 7) is 5.46. The summed E-state index contributed by atoms with van der Waals surface area (Å²) in [4.78, 5) is 45.5. The van der Waals surface area contributed by atoms with Gasteiger partial charge in [0.15, 0.2) is 16.2 Å². The molecule has 0 fully saturated rings. The second kappa shape index (κ2) is 15.1. The van der Waals surface area contributed by atoms with Crippen LogP contribution in [0.5, 0.6) is 17.2 Å². The van der Waals surface area contributed by atoms with Crippen molar-refractivity contribution in [3.05, 3.63) is 191 Å². The van der Waals surface area contributed by atoms with Gasteiger partial charge in [-0.05, 0) is 79.0 Å². The number of hydrogen-bond acceptors (Lipinski definition) is 6. The Morgan fingerprint density at radius 3 is 1.04 bits per heavy atom. The van der Waals surface area contributed by atoms with E-state index in [1.807, 2.05) is 93.6 Å². The van der Waals surface area contributed by atoms with Gasteiger partial charge < -0.3 is 14.0 Å². The number of para-hydroxylation sites is 2. The van der Waals surface area contributed by atoms with Gasteiger partial charge in [0.2, 0.25) is 0 Å². The normalized spacial score (nSPS) is 10.9. The molecule has 8 heteroatoms. The molecule has 0 aromatic heterocycles. The molecule has 0 N–H and O–H groups in total. The quantitative estimate of drug-likeness (QED) is 0.115. The van der Waals surface area contributed by atoms with Crippen LogP contribution in [0.2, 0.25) is 0 Å². The Kier molecular flexibility index (Phi) is 10.2. The van der Waals surface area contributed by atoms with Crippen LogP contribution in [0, 0.1) is 20.8 Å². The highest BCUT2D eigenvalue weighted by Gasteiger charge is 2.58. The van der Waals surface area contributed by atoms with E-state index < -0.39 is 31.6 Å². The van der Waals surface area contributed by atoms with Crippen LogP contribution in [0.4, 0.5) is 0 Å². The Bertz CT molecular complexity index is 1950. The lowest BCUT2D eigenvalue weighted by molar-refractivity contribution is 0.0986. The zero-order valence-corrected chi connectivity index (χ0v) is 29.0. The predicted molar refractivity (Wildman–Crippen MR) is 199 cm³/mol. The Balaban J connectivity index is 1.49. The summed E-state index contributed by atoms with van der Waals surface area (Å²) in [5.41, 5.74) is 3.08. The smallest absolute Gasteiger partial charge is 0.490 e. The third-order valence-electron chi connectivity index (χ3n) is 8.66. The summed E-state index contributed by atoms with van der Waals surface area (Å²) >= 11 is 0. The molecule has 0 spiro atoms. The van der Waals surface area contributed by atoms with Gasteiger partial charge >= 0.3 is 15.4 Å². The van der Waals surface area contributed by atoms with Crippen molar-refractivity contribution >= 4 is 36.8 Å². The second-order valence-electron chi connectivity index (χ2n) is 12.0. The lowest BCUT2D eigenvalue weighted by atomic mass is 10.1. The van der Waals surface area contributed by atoms with Gasteiger partial charge in [-0.2, -0.15) is 0 Å². The molecule has 0 bridgehead atoms. The zero-order valence-electron chi connectivity index (χ0n) is 28.0. The van der Waals surface area contributed by atoms with Gasteiger partial charge in [-0.3, -0.25) is 14.4 Å². The number of carbonyl (C=O) groups is 3. The van der Waals surface area contributed by atoms with Crippen molar-refractivity contribution in [1.82, 2.24) is 0 Å². The maximum absolute atomic E-state index is 15.2. The van der Waals surface area contributed by atoms with E-state index in [4.69, 9.17) is 14.0 Å². The standard InChI is InChI=1S/C42H35BO6Si/c1-30-16-10-13-23-37(30)40(44)50(41(45)38-24-14-11-17-31(38)2,42(46)39-25-15-12-18-32(39)3)36-28-26-35(27-29-36)49-43(47-33-19-6-4-7-20-33)48-34-21-8-5-9-22-34/h4-29H,1-3H3. The highest BCUT2D eigenvalue weighted by Crippen LogP contribution is 2.28. The third-order valence-corrected chi connectivity index (χ3v) is 12.7. The summed E-state index contributed by atoms with van der Waals surface area (Å²) in [5, 5.41) is -1.06. The lowest BCUT2D eigenvalue weighted by Crippen LogP contribution is -2.68. The molecular weight excluding hydrogens is 639 g/mol. The van der Waals surface area contributed by atoms with E-state index >= 15 is 14.4 Å². The Labute approximate surface area is 293 Å². The van der Waals surface area contributed by atoms with Gasteiger partial charge in [0.05, 0.1) is 0 Å². The SMILES string of the molecule is Cc1ccccc1C(=O)[Si](C(=O)c1ccccc1C)(C(=O)c1ccccc1C)c1ccc(OB(Oc2ccccc2)Oc2ccccc2)cc1. The molecule has 6 nitrogen and oxygen atoms in total. The average Bonchev–Trinajstić information content (AvgIpc) is 3.14. The molecule has 6 aromatic rings. The van der Waals surface area contributed by atoms with Crippen LogP contribution >= 0.6 is 0 Å². The van der Waals surface area contributed by atoms with Crippen molar-refractivity contribution in [2.45, 2.75) is 20.8 Å². The maximum atomic E-state index is 15.2. The van der Waals surface area contributed by atoms with E-state index in [1.54, 1.807) is 84.9 Å². The number of benzene rings is 6. The van der Waals surface area contributed by atoms with Gasteiger partial charge in [-0.15, -0.1) is 0 Å². The summed E-state index contributed by atoms with van der Waals surface area (Å²) in [5.74, 6) is 1.42. The Morgan fingerprint density at radius 1 is 0.400 bits per heavy atom. The second-order valence-corrected chi connectivity index (χ2v) is 15.4. The predicted octanol–water partition coefficient (Wildman–Crippen LogP) is 8.06. The van der Waals surface area contributed by atoms with Crippen molar-refractivity contribution in [1.29, 1.82) is 0 Å².